The molecular formula is C21H15N3O3S. The van der Waals surface area contributed by atoms with Gasteiger partial charge in [-0.1, -0.05) is 18.2 Å². The molecule has 0 aliphatic carbocycles. The Bertz CT molecular complexity index is 1130. The summed E-state index contributed by atoms with van der Waals surface area (Å²) in [7, 11) is 0. The van der Waals surface area contributed by atoms with Crippen LogP contribution >= 0.6 is 12.2 Å². The number of carbonyl (C=O) groups excluding carboxylic acids is 1. The maximum absolute atomic E-state index is 11.9. The van der Waals surface area contributed by atoms with Gasteiger partial charge in [-0.15, -0.1) is 0 Å². The molecule has 7 heteroatoms. The Kier molecular flexibility index (Phi) is 4.99. The summed E-state index contributed by atoms with van der Waals surface area (Å²) >= 11 is 5.20. The third-order valence-electron chi connectivity index (χ3n) is 3.84. The molecule has 0 spiro atoms. The van der Waals surface area contributed by atoms with Gasteiger partial charge in [-0.3, -0.25) is 10.1 Å². The summed E-state index contributed by atoms with van der Waals surface area (Å²) in [5.74, 6) is 0.741. The van der Waals surface area contributed by atoms with Gasteiger partial charge in [-0.05, 0) is 60.8 Å². The Morgan fingerprint density at radius 2 is 1.96 bits per heavy atom. The summed E-state index contributed by atoms with van der Waals surface area (Å²) < 4.78 is 10.9. The van der Waals surface area contributed by atoms with E-state index in [0.29, 0.717) is 17.3 Å². The number of rotatable bonds is 4. The number of para-hydroxylation sites is 2. The first-order chi connectivity index (χ1) is 13.7. The Balaban J connectivity index is 1.42. The standard InChI is InChI=1S/C21H15N3O3S/c25-19(11-10-16-7-4-12-26-16)24-21(28)22-15-6-3-5-14(13-15)20-23-17-8-1-2-9-18(17)27-20/h1-13H,(H2,22,24,25,28)/b11-10+. The topological polar surface area (TPSA) is 80.3 Å². The molecule has 0 atom stereocenters. The molecule has 6 nitrogen and oxygen atoms in total. The highest BCUT2D eigenvalue weighted by Gasteiger charge is 2.09. The number of thiocarbonyl (C=S) groups is 1. The second-order valence-corrected chi connectivity index (χ2v) is 6.27. The predicted molar refractivity (Wildman–Crippen MR) is 112 cm³/mol. The second-order valence-electron chi connectivity index (χ2n) is 5.86. The molecule has 0 bridgehead atoms. The Labute approximate surface area is 165 Å². The zero-order chi connectivity index (χ0) is 19.3. The van der Waals surface area contributed by atoms with E-state index in [1.807, 2.05) is 48.5 Å². The van der Waals surface area contributed by atoms with Gasteiger partial charge in [0.1, 0.15) is 11.3 Å². The number of nitrogens with zero attached hydrogens (tertiary/aromatic N) is 1. The van der Waals surface area contributed by atoms with Crippen molar-refractivity contribution in [3.63, 3.8) is 0 Å². The van der Waals surface area contributed by atoms with E-state index in [4.69, 9.17) is 21.1 Å². The maximum atomic E-state index is 11.9. The minimum atomic E-state index is -0.357. The van der Waals surface area contributed by atoms with Crippen LogP contribution in [0.4, 0.5) is 5.69 Å². The second kappa shape index (κ2) is 7.89. The fourth-order valence-corrected chi connectivity index (χ4v) is 2.80. The highest BCUT2D eigenvalue weighted by atomic mass is 32.1. The number of benzene rings is 2. The molecule has 138 valence electrons. The molecule has 28 heavy (non-hydrogen) atoms. The molecule has 2 N–H and O–H groups in total. The largest absolute Gasteiger partial charge is 0.465 e. The van der Waals surface area contributed by atoms with Gasteiger partial charge < -0.3 is 14.2 Å². The van der Waals surface area contributed by atoms with Crippen LogP contribution in [0.25, 0.3) is 28.6 Å². The summed E-state index contributed by atoms with van der Waals surface area (Å²) in [5, 5.41) is 5.75. The lowest BCUT2D eigenvalue weighted by Gasteiger charge is -2.08. The van der Waals surface area contributed by atoms with E-state index in [1.54, 1.807) is 18.2 Å². The van der Waals surface area contributed by atoms with Crippen molar-refractivity contribution in [3.05, 3.63) is 78.8 Å². The summed E-state index contributed by atoms with van der Waals surface area (Å²) in [6.07, 6.45) is 4.45. The fraction of sp³-hybridized carbons (Fsp3) is 0. The van der Waals surface area contributed by atoms with Gasteiger partial charge in [0, 0.05) is 17.3 Å². The lowest BCUT2D eigenvalue weighted by molar-refractivity contribution is -0.115. The van der Waals surface area contributed by atoms with Crippen molar-refractivity contribution in [1.29, 1.82) is 0 Å². The van der Waals surface area contributed by atoms with Gasteiger partial charge in [0.15, 0.2) is 10.7 Å². The van der Waals surface area contributed by atoms with Crippen LogP contribution in [0.2, 0.25) is 0 Å². The van der Waals surface area contributed by atoms with Crippen LogP contribution < -0.4 is 10.6 Å². The first-order valence-electron chi connectivity index (χ1n) is 8.47. The molecule has 0 saturated heterocycles. The quantitative estimate of drug-likeness (QED) is 0.392. The zero-order valence-corrected chi connectivity index (χ0v) is 15.4. The molecule has 4 aromatic rings. The summed E-state index contributed by atoms with van der Waals surface area (Å²) in [6, 6.07) is 18.5. The first kappa shape index (κ1) is 17.7. The predicted octanol–water partition coefficient (Wildman–Crippen LogP) is 4.61. The maximum Gasteiger partial charge on any atom is 0.250 e. The number of fused-ring (bicyclic) bond motifs is 1. The molecule has 2 heterocycles. The monoisotopic (exact) mass is 389 g/mol. The number of nitrogens with one attached hydrogen (secondary N) is 2. The number of amides is 1. The molecule has 0 unspecified atom stereocenters. The number of hydrogen-bond donors (Lipinski definition) is 2. The number of aromatic nitrogens is 1. The van der Waals surface area contributed by atoms with E-state index >= 15 is 0 Å². The number of furan rings is 1. The lowest BCUT2D eigenvalue weighted by Crippen LogP contribution is -2.32. The van der Waals surface area contributed by atoms with Gasteiger partial charge in [-0.2, -0.15) is 0 Å². The van der Waals surface area contributed by atoms with Gasteiger partial charge in [0.25, 0.3) is 0 Å². The number of anilines is 1. The Morgan fingerprint density at radius 1 is 1.07 bits per heavy atom. The van der Waals surface area contributed by atoms with Crippen molar-refractivity contribution in [3.8, 4) is 11.5 Å². The van der Waals surface area contributed by atoms with Crippen LogP contribution in [0.1, 0.15) is 5.76 Å². The number of carbonyl (C=O) groups is 1. The molecule has 4 rings (SSSR count). The summed E-state index contributed by atoms with van der Waals surface area (Å²) in [5.41, 5.74) is 3.03. The number of hydrogen-bond acceptors (Lipinski definition) is 5. The average molecular weight is 389 g/mol. The van der Waals surface area contributed by atoms with E-state index in [0.717, 1.165) is 16.7 Å². The van der Waals surface area contributed by atoms with Crippen LogP contribution in [0.3, 0.4) is 0 Å². The van der Waals surface area contributed by atoms with Crippen molar-refractivity contribution in [2.24, 2.45) is 0 Å². The van der Waals surface area contributed by atoms with Crippen LogP contribution in [0.5, 0.6) is 0 Å². The van der Waals surface area contributed by atoms with E-state index < -0.39 is 0 Å². The molecule has 0 fully saturated rings. The van der Waals surface area contributed by atoms with Crippen molar-refractivity contribution in [2.45, 2.75) is 0 Å². The van der Waals surface area contributed by atoms with E-state index in [-0.39, 0.29) is 11.0 Å². The normalized spacial score (nSPS) is 11.0. The molecule has 0 aliphatic heterocycles. The van der Waals surface area contributed by atoms with Gasteiger partial charge >= 0.3 is 0 Å². The Morgan fingerprint density at radius 3 is 2.79 bits per heavy atom. The molecular weight excluding hydrogens is 374 g/mol. The van der Waals surface area contributed by atoms with Crippen molar-refractivity contribution >= 4 is 46.1 Å². The van der Waals surface area contributed by atoms with Crippen molar-refractivity contribution in [2.75, 3.05) is 5.32 Å². The van der Waals surface area contributed by atoms with Crippen molar-refractivity contribution < 1.29 is 13.6 Å². The highest BCUT2D eigenvalue weighted by molar-refractivity contribution is 7.80. The number of oxazole rings is 1. The zero-order valence-electron chi connectivity index (χ0n) is 14.6. The molecule has 0 radical (unpaired) electrons. The van der Waals surface area contributed by atoms with E-state index in [9.17, 15) is 4.79 Å². The minimum absolute atomic E-state index is 0.184. The molecule has 2 aromatic carbocycles. The third kappa shape index (κ3) is 4.16. The van der Waals surface area contributed by atoms with Crippen LogP contribution in [-0.4, -0.2) is 16.0 Å². The molecule has 0 saturated carbocycles. The van der Waals surface area contributed by atoms with Crippen LogP contribution in [0.15, 0.2) is 81.8 Å². The van der Waals surface area contributed by atoms with E-state index in [1.165, 1.54) is 12.3 Å². The molecule has 1 amide bonds. The van der Waals surface area contributed by atoms with Crippen LogP contribution in [-0.2, 0) is 4.79 Å². The van der Waals surface area contributed by atoms with E-state index in [2.05, 4.69) is 15.6 Å². The van der Waals surface area contributed by atoms with Gasteiger partial charge in [0.05, 0.1) is 6.26 Å². The average Bonchev–Trinajstić information content (AvgIpc) is 3.36. The fourth-order valence-electron chi connectivity index (χ4n) is 2.59. The minimum Gasteiger partial charge on any atom is -0.465 e. The molecule has 2 aromatic heterocycles. The van der Waals surface area contributed by atoms with Gasteiger partial charge in [0.2, 0.25) is 11.8 Å². The highest BCUT2D eigenvalue weighted by Crippen LogP contribution is 2.26. The smallest absolute Gasteiger partial charge is 0.250 e. The third-order valence-corrected chi connectivity index (χ3v) is 4.04. The first-order valence-corrected chi connectivity index (χ1v) is 8.88. The summed E-state index contributed by atoms with van der Waals surface area (Å²) in [4.78, 5) is 16.4. The van der Waals surface area contributed by atoms with Gasteiger partial charge in [-0.25, -0.2) is 4.98 Å². The molecule has 0 aliphatic rings. The van der Waals surface area contributed by atoms with Crippen LogP contribution in [0, 0.1) is 0 Å². The Hall–Kier alpha value is -3.71. The lowest BCUT2D eigenvalue weighted by atomic mass is 10.2. The SMILES string of the molecule is O=C(/C=C/c1ccco1)NC(=S)Nc1cccc(-c2nc3ccccc3o2)c1. The summed E-state index contributed by atoms with van der Waals surface area (Å²) in [6.45, 7) is 0. The van der Waals surface area contributed by atoms with Crippen molar-refractivity contribution in [1.82, 2.24) is 10.3 Å².